The average Bonchev–Trinajstić information content (AvgIpc) is 2.86. The average molecular weight is 558 g/mol. The molecule has 2 aromatic heterocycles. The third-order valence-electron chi connectivity index (χ3n) is 6.02. The molecule has 0 aliphatic carbocycles. The highest BCUT2D eigenvalue weighted by Gasteiger charge is 2.26. The summed E-state index contributed by atoms with van der Waals surface area (Å²) in [7, 11) is 1.50. The fourth-order valence-electron chi connectivity index (χ4n) is 4.49. The fourth-order valence-corrected chi connectivity index (χ4v) is 5.13. The molecule has 2 heterocycles. The quantitative estimate of drug-likeness (QED) is 0.229. The summed E-state index contributed by atoms with van der Waals surface area (Å²) in [5.41, 5.74) is 4.55. The van der Waals surface area contributed by atoms with E-state index in [0.29, 0.717) is 27.1 Å². The zero-order valence-electron chi connectivity index (χ0n) is 21.1. The molecule has 8 heteroatoms. The number of hydrogen-bond donors (Lipinski definition) is 1. The number of hydrogen-bond acceptors (Lipinski definition) is 5. The number of aromatic hydroxyl groups is 1. The Hall–Kier alpha value is -2.99. The maximum absolute atomic E-state index is 10.7. The number of halogens is 3. The molecule has 0 unspecified atom stereocenters. The van der Waals surface area contributed by atoms with Crippen LogP contribution in [0.3, 0.4) is 0 Å². The second kappa shape index (κ2) is 11.2. The van der Waals surface area contributed by atoms with E-state index in [0.717, 1.165) is 27.8 Å². The van der Waals surface area contributed by atoms with E-state index in [1.54, 1.807) is 36.7 Å². The van der Waals surface area contributed by atoms with Crippen LogP contribution >= 0.6 is 34.8 Å². The van der Waals surface area contributed by atoms with Gasteiger partial charge in [0.1, 0.15) is 16.7 Å². The summed E-state index contributed by atoms with van der Waals surface area (Å²) in [6, 6.07) is 12.5. The molecule has 5 nitrogen and oxygen atoms in total. The first-order valence-electron chi connectivity index (χ1n) is 11.8. The third-order valence-corrected chi connectivity index (χ3v) is 7.00. The maximum Gasteiger partial charge on any atom is 0.259 e. The Morgan fingerprint density at radius 1 is 0.892 bits per heavy atom. The first-order valence-corrected chi connectivity index (χ1v) is 12.9. The Bertz CT molecular complexity index is 1440. The normalized spacial score (nSPS) is 11.3. The largest absolute Gasteiger partial charge is 0.508 e. The lowest BCUT2D eigenvalue weighted by atomic mass is 9.91. The van der Waals surface area contributed by atoms with Crippen molar-refractivity contribution in [2.75, 3.05) is 7.11 Å². The lowest BCUT2D eigenvalue weighted by Gasteiger charge is -2.23. The summed E-state index contributed by atoms with van der Waals surface area (Å²) in [6.45, 7) is 8.12. The molecule has 2 aromatic carbocycles. The third kappa shape index (κ3) is 5.35. The molecular weight excluding hydrogens is 531 g/mol. The number of rotatable bonds is 7. The Morgan fingerprint density at radius 3 is 2.24 bits per heavy atom. The Balaban J connectivity index is 2.02. The zero-order valence-corrected chi connectivity index (χ0v) is 23.4. The van der Waals surface area contributed by atoms with Crippen LogP contribution in [-0.4, -0.2) is 22.2 Å². The molecule has 4 rings (SSSR count). The highest BCUT2D eigenvalue weighted by atomic mass is 35.5. The molecular formula is C29H27Cl3N2O3. The van der Waals surface area contributed by atoms with Gasteiger partial charge in [-0.05, 0) is 35.6 Å². The molecule has 0 atom stereocenters. The van der Waals surface area contributed by atoms with Crippen molar-refractivity contribution in [1.29, 1.82) is 0 Å². The van der Waals surface area contributed by atoms with E-state index in [2.05, 4.69) is 23.8 Å². The van der Waals surface area contributed by atoms with E-state index in [1.807, 2.05) is 32.0 Å². The van der Waals surface area contributed by atoms with Crippen molar-refractivity contribution in [3.8, 4) is 45.4 Å². The van der Waals surface area contributed by atoms with Crippen LogP contribution in [0, 0.1) is 0 Å². The molecule has 0 radical (unpaired) electrons. The molecule has 0 spiro atoms. The first kappa shape index (κ1) is 27.1. The van der Waals surface area contributed by atoms with Crippen molar-refractivity contribution < 1.29 is 14.6 Å². The van der Waals surface area contributed by atoms with Crippen LogP contribution in [0.4, 0.5) is 0 Å². The summed E-state index contributed by atoms with van der Waals surface area (Å²) in [6.07, 6.45) is 3.44. The standard InChI is InChI=1S/C29H27Cl3N2O3/c1-15(2)24-18(9-6-10-21(24)35)19-12-23(31)34-29(36-5)28(19)37-22-13-20(30)27(32)26(25(22)16(3)4)17-8-7-11-33-14-17/h6-16,35H,1-5H3. The molecule has 0 fully saturated rings. The summed E-state index contributed by atoms with van der Waals surface area (Å²) in [5, 5.41) is 11.7. The Labute approximate surface area is 232 Å². The van der Waals surface area contributed by atoms with Crippen molar-refractivity contribution in [3.63, 3.8) is 0 Å². The van der Waals surface area contributed by atoms with Gasteiger partial charge in [-0.1, -0.05) is 80.7 Å². The van der Waals surface area contributed by atoms with Gasteiger partial charge in [0.2, 0.25) is 0 Å². The van der Waals surface area contributed by atoms with Gasteiger partial charge in [-0.25, -0.2) is 0 Å². The van der Waals surface area contributed by atoms with E-state index in [1.165, 1.54) is 7.11 Å². The monoisotopic (exact) mass is 556 g/mol. The Kier molecular flexibility index (Phi) is 8.17. The minimum atomic E-state index is 0.0154. The number of ether oxygens (including phenoxy) is 2. The molecule has 0 bridgehead atoms. The molecule has 0 aliphatic rings. The van der Waals surface area contributed by atoms with E-state index >= 15 is 0 Å². The smallest absolute Gasteiger partial charge is 0.259 e. The van der Waals surface area contributed by atoms with Crippen LogP contribution in [-0.2, 0) is 0 Å². The van der Waals surface area contributed by atoms with Crippen LogP contribution < -0.4 is 9.47 Å². The predicted octanol–water partition coefficient (Wildman–Crippen LogP) is 9.52. The Morgan fingerprint density at radius 2 is 1.62 bits per heavy atom. The number of benzene rings is 2. The second-order valence-electron chi connectivity index (χ2n) is 9.18. The first-order chi connectivity index (χ1) is 17.6. The molecule has 0 saturated carbocycles. The topological polar surface area (TPSA) is 64.5 Å². The number of pyridine rings is 2. The van der Waals surface area contributed by atoms with Gasteiger partial charge < -0.3 is 14.6 Å². The van der Waals surface area contributed by atoms with Crippen molar-refractivity contribution in [3.05, 3.63) is 81.2 Å². The lowest BCUT2D eigenvalue weighted by Crippen LogP contribution is -2.03. The van der Waals surface area contributed by atoms with Crippen molar-refractivity contribution in [2.45, 2.75) is 39.5 Å². The summed E-state index contributed by atoms with van der Waals surface area (Å²) >= 11 is 19.8. The van der Waals surface area contributed by atoms with Gasteiger partial charge in [-0.2, -0.15) is 4.98 Å². The molecule has 1 N–H and O–H groups in total. The van der Waals surface area contributed by atoms with Gasteiger partial charge in [0, 0.05) is 46.3 Å². The van der Waals surface area contributed by atoms with Crippen molar-refractivity contribution >= 4 is 34.8 Å². The predicted molar refractivity (Wildman–Crippen MR) is 151 cm³/mol. The van der Waals surface area contributed by atoms with Crippen LogP contribution in [0.5, 0.6) is 23.1 Å². The van der Waals surface area contributed by atoms with Crippen molar-refractivity contribution in [1.82, 2.24) is 9.97 Å². The van der Waals surface area contributed by atoms with E-state index < -0.39 is 0 Å². The highest BCUT2D eigenvalue weighted by molar-refractivity contribution is 6.44. The maximum atomic E-state index is 10.7. The molecule has 4 aromatic rings. The molecule has 0 aliphatic heterocycles. The summed E-state index contributed by atoms with van der Waals surface area (Å²) < 4.78 is 12.2. The number of phenolic OH excluding ortho intramolecular Hbond substituents is 1. The van der Waals surface area contributed by atoms with Crippen LogP contribution in [0.1, 0.15) is 50.7 Å². The molecule has 192 valence electrons. The summed E-state index contributed by atoms with van der Waals surface area (Å²) in [5.74, 6) is 1.26. The van der Waals surface area contributed by atoms with Gasteiger partial charge in [0.05, 0.1) is 17.2 Å². The molecule has 37 heavy (non-hydrogen) atoms. The van der Waals surface area contributed by atoms with Crippen molar-refractivity contribution in [2.24, 2.45) is 0 Å². The summed E-state index contributed by atoms with van der Waals surface area (Å²) in [4.78, 5) is 8.61. The zero-order chi connectivity index (χ0) is 26.9. The van der Waals surface area contributed by atoms with E-state index in [4.69, 9.17) is 44.3 Å². The minimum Gasteiger partial charge on any atom is -0.508 e. The van der Waals surface area contributed by atoms with Gasteiger partial charge >= 0.3 is 0 Å². The van der Waals surface area contributed by atoms with Gasteiger partial charge in [0.25, 0.3) is 5.88 Å². The van der Waals surface area contributed by atoms with Crippen LogP contribution in [0.15, 0.2) is 54.9 Å². The number of aromatic nitrogens is 2. The molecule has 0 saturated heterocycles. The van der Waals surface area contributed by atoms with Crippen LogP contribution in [0.2, 0.25) is 15.2 Å². The van der Waals surface area contributed by atoms with Gasteiger partial charge in [-0.15, -0.1) is 0 Å². The van der Waals surface area contributed by atoms with Gasteiger partial charge in [0.15, 0.2) is 5.75 Å². The fraction of sp³-hybridized carbons (Fsp3) is 0.241. The highest BCUT2D eigenvalue weighted by Crippen LogP contribution is 2.50. The number of nitrogens with zero attached hydrogens (tertiary/aromatic N) is 2. The SMILES string of the molecule is COc1nc(Cl)cc(-c2cccc(O)c2C(C)C)c1Oc1cc(Cl)c(Cl)c(-c2cccnc2)c1C(C)C. The number of phenols is 1. The molecule has 0 amide bonds. The van der Waals surface area contributed by atoms with Crippen LogP contribution in [0.25, 0.3) is 22.3 Å². The van der Waals surface area contributed by atoms with E-state index in [9.17, 15) is 5.11 Å². The van der Waals surface area contributed by atoms with Gasteiger partial charge in [-0.3, -0.25) is 4.98 Å². The second-order valence-corrected chi connectivity index (χ2v) is 10.4. The van der Waals surface area contributed by atoms with E-state index in [-0.39, 0.29) is 28.6 Å². The minimum absolute atomic E-state index is 0.0154. The number of methoxy groups -OCH3 is 1. The lowest BCUT2D eigenvalue weighted by molar-refractivity contribution is 0.363.